The number of carbonyl (C=O) groups excluding carboxylic acids is 1. The fraction of sp³-hybridized carbons (Fsp3) is 0.280. The van der Waals surface area contributed by atoms with E-state index in [1.807, 2.05) is 24.3 Å². The molecule has 0 saturated carbocycles. The quantitative estimate of drug-likeness (QED) is 0.0632. The number of nitrogens with one attached hydrogen (secondary N) is 4. The van der Waals surface area contributed by atoms with Crippen LogP contribution in [-0.4, -0.2) is 84.8 Å². The van der Waals surface area contributed by atoms with Gasteiger partial charge in [0, 0.05) is 98.7 Å². The summed E-state index contributed by atoms with van der Waals surface area (Å²) in [7, 11) is 0. The predicted octanol–water partition coefficient (Wildman–Crippen LogP) is 8.62. The number of benzene rings is 5. The van der Waals surface area contributed by atoms with Gasteiger partial charge in [-0.15, -0.1) is 0 Å². The largest absolute Gasteiger partial charge is 0.507 e. The number of phenols is 2. The fourth-order valence-corrected chi connectivity index (χ4v) is 9.59. The third kappa shape index (κ3) is 9.07. The van der Waals surface area contributed by atoms with Crippen LogP contribution in [0.3, 0.4) is 0 Å². The number of rotatable bonds is 11. The van der Waals surface area contributed by atoms with Gasteiger partial charge < -0.3 is 46.4 Å². The number of hydrogen-bond donors (Lipinski definition) is 7. The number of para-hydroxylation sites is 1. The van der Waals surface area contributed by atoms with E-state index in [1.165, 1.54) is 31.2 Å². The van der Waals surface area contributed by atoms with E-state index < -0.39 is 17.9 Å². The van der Waals surface area contributed by atoms with E-state index in [2.05, 4.69) is 42.1 Å². The number of aromatic hydroxyl groups is 2. The molecule has 6 aromatic rings. The zero-order chi connectivity index (χ0) is 44.5. The Kier molecular flexibility index (Phi) is 12.2. The van der Waals surface area contributed by atoms with Gasteiger partial charge in [-0.25, -0.2) is 13.8 Å². The van der Waals surface area contributed by atoms with Crippen molar-refractivity contribution in [3.63, 3.8) is 0 Å². The Labute approximate surface area is 375 Å². The fourth-order valence-electron chi connectivity index (χ4n) is 9.36. The van der Waals surface area contributed by atoms with Gasteiger partial charge in [0.15, 0.2) is 0 Å². The molecule has 0 bridgehead atoms. The number of amides is 1. The lowest BCUT2D eigenvalue weighted by molar-refractivity contribution is -0.114. The van der Waals surface area contributed by atoms with Crippen molar-refractivity contribution in [1.82, 2.24) is 15.6 Å². The number of piperazine rings is 1. The molecule has 2 unspecified atom stereocenters. The first kappa shape index (κ1) is 43.0. The second-order valence-corrected chi connectivity index (χ2v) is 17.5. The molecule has 1 aromatic heterocycles. The molecular weight excluding hydrogens is 836 g/mol. The summed E-state index contributed by atoms with van der Waals surface area (Å²) in [6.45, 7) is 8.25. The van der Waals surface area contributed by atoms with Crippen LogP contribution in [0.1, 0.15) is 25.3 Å². The number of phenolic OH excluding ortho intramolecular Hbond substituents is 2. The van der Waals surface area contributed by atoms with Crippen LogP contribution in [0, 0.1) is 17.0 Å². The van der Waals surface area contributed by atoms with Gasteiger partial charge in [0.1, 0.15) is 35.2 Å². The maximum atomic E-state index is 15.2. The Bertz CT molecular complexity index is 2720. The van der Waals surface area contributed by atoms with Crippen molar-refractivity contribution < 1.29 is 28.9 Å². The molecule has 64 heavy (non-hydrogen) atoms. The maximum absolute atomic E-state index is 15.2. The van der Waals surface area contributed by atoms with Crippen molar-refractivity contribution in [3.8, 4) is 56.0 Å². The third-order valence-electron chi connectivity index (χ3n) is 12.7. The Morgan fingerprint density at radius 2 is 1.48 bits per heavy atom. The summed E-state index contributed by atoms with van der Waals surface area (Å²) in [5.74, 6) is -0.900. The van der Waals surface area contributed by atoms with Gasteiger partial charge in [-0.2, -0.15) is 0 Å². The van der Waals surface area contributed by atoms with Crippen LogP contribution in [0.15, 0.2) is 103 Å². The highest BCUT2D eigenvalue weighted by Gasteiger charge is 2.40. The van der Waals surface area contributed by atoms with Gasteiger partial charge in [-0.05, 0) is 108 Å². The van der Waals surface area contributed by atoms with Crippen molar-refractivity contribution in [1.29, 1.82) is 0 Å². The molecule has 3 aliphatic rings. The molecule has 4 heterocycles. The van der Waals surface area contributed by atoms with Crippen LogP contribution in [-0.2, 0) is 11.2 Å². The Hall–Kier alpha value is -6.25. The number of pyridine rings is 1. The Morgan fingerprint density at radius 3 is 2.19 bits per heavy atom. The Morgan fingerprint density at radius 1 is 0.781 bits per heavy atom. The zero-order valence-corrected chi connectivity index (χ0v) is 36.2. The number of carbonyl (C=O) groups is 1. The average Bonchev–Trinajstić information content (AvgIpc) is 3.94. The summed E-state index contributed by atoms with van der Waals surface area (Å²) in [5, 5.41) is 47.6. The molecule has 1 amide bonds. The molecule has 9 rings (SSSR count). The molecule has 0 radical (unpaired) electrons. The molecule has 0 aliphatic carbocycles. The predicted molar refractivity (Wildman–Crippen MR) is 250 cm³/mol. The van der Waals surface area contributed by atoms with Crippen molar-refractivity contribution in [2.45, 2.75) is 32.4 Å². The van der Waals surface area contributed by atoms with E-state index in [1.54, 1.807) is 48.7 Å². The zero-order valence-electron chi connectivity index (χ0n) is 35.4. The van der Waals surface area contributed by atoms with E-state index >= 15 is 8.78 Å². The minimum Gasteiger partial charge on any atom is -0.507 e. The lowest BCUT2D eigenvalue weighted by Gasteiger charge is -2.28. The highest BCUT2D eigenvalue weighted by Crippen LogP contribution is 2.44. The second kappa shape index (κ2) is 18.1. The lowest BCUT2D eigenvalue weighted by atomic mass is 9.86. The van der Waals surface area contributed by atoms with Gasteiger partial charge in [-0.1, -0.05) is 48.0 Å². The number of aliphatic hydroxyl groups excluding tert-OH is 1. The standard InChI is InChI=1S/C50H50ClF2N7O4/c1-30(61)57-45-8-6-33(24-43(45)53)38-3-2-4-39(48(38)63)35-19-31(20-37(22-35)60-16-11-50(29-60)10-13-55-28-50)21-47(62)58-44-7-5-32(23-42(44)51)40-26-36(52)27-41(49(40)64)34-9-12-56-46(25-34)59-17-14-54-15-18-59/h2-9,12,19-20,22-27,47,54-55,58,62-64H,10-11,13-18,21,28-29H2,1H3,(H,57,61). The normalized spacial score (nSPS) is 17.8. The number of halogens is 3. The van der Waals surface area contributed by atoms with Crippen molar-refractivity contribution in [3.05, 3.63) is 125 Å². The molecule has 3 saturated heterocycles. The Balaban J connectivity index is 0.979. The smallest absolute Gasteiger partial charge is 0.221 e. The molecule has 3 fully saturated rings. The van der Waals surface area contributed by atoms with Gasteiger partial charge >= 0.3 is 0 Å². The second-order valence-electron chi connectivity index (χ2n) is 17.1. The molecule has 3 aliphatic heterocycles. The summed E-state index contributed by atoms with van der Waals surface area (Å²) in [5.41, 5.74) is 6.31. The minimum absolute atomic E-state index is 0.0297. The first-order chi connectivity index (χ1) is 30.9. The van der Waals surface area contributed by atoms with Crippen molar-refractivity contribution in [2.75, 3.05) is 72.8 Å². The average molecular weight is 886 g/mol. The number of aromatic nitrogens is 1. The van der Waals surface area contributed by atoms with Crippen LogP contribution in [0.25, 0.3) is 44.5 Å². The summed E-state index contributed by atoms with van der Waals surface area (Å²) in [4.78, 5) is 20.6. The molecule has 11 nitrogen and oxygen atoms in total. The molecule has 14 heteroatoms. The topological polar surface area (TPSA) is 145 Å². The molecule has 1 spiro atoms. The van der Waals surface area contributed by atoms with Crippen LogP contribution in [0.4, 0.5) is 31.7 Å². The highest BCUT2D eigenvalue weighted by molar-refractivity contribution is 6.33. The summed E-state index contributed by atoms with van der Waals surface area (Å²) < 4.78 is 30.3. The summed E-state index contributed by atoms with van der Waals surface area (Å²) in [6.07, 6.45) is 2.89. The van der Waals surface area contributed by atoms with Crippen molar-refractivity contribution >= 4 is 40.4 Å². The van der Waals surface area contributed by atoms with E-state index in [9.17, 15) is 20.1 Å². The first-order valence-corrected chi connectivity index (χ1v) is 22.0. The van der Waals surface area contributed by atoms with E-state index in [-0.39, 0.29) is 45.5 Å². The number of nitrogens with zero attached hydrogens (tertiary/aromatic N) is 3. The maximum Gasteiger partial charge on any atom is 0.221 e. The first-order valence-electron chi connectivity index (χ1n) is 21.6. The SMILES string of the molecule is CC(=O)Nc1ccc(-c2cccc(-c3cc(CC(O)Nc4ccc(-c5cc(F)cc(-c6ccnc(N7CCNCC7)c6)c5O)cc4Cl)cc(N4CCC5(CCNC5)C4)c3)c2O)cc1F. The van der Waals surface area contributed by atoms with Crippen LogP contribution in [0.5, 0.6) is 11.5 Å². The molecular formula is C50H50ClF2N7O4. The lowest BCUT2D eigenvalue weighted by Crippen LogP contribution is -2.43. The van der Waals surface area contributed by atoms with Gasteiger partial charge in [0.25, 0.3) is 0 Å². The van der Waals surface area contributed by atoms with Crippen LogP contribution in [0.2, 0.25) is 5.02 Å². The summed E-state index contributed by atoms with van der Waals surface area (Å²) in [6, 6.07) is 27.0. The molecule has 7 N–H and O–H groups in total. The third-order valence-corrected chi connectivity index (χ3v) is 13.0. The number of hydrogen-bond acceptors (Lipinski definition) is 10. The van der Waals surface area contributed by atoms with E-state index in [0.717, 1.165) is 87.8 Å². The molecule has 330 valence electrons. The number of aliphatic hydroxyl groups is 1. The van der Waals surface area contributed by atoms with Crippen LogP contribution < -0.4 is 31.1 Å². The van der Waals surface area contributed by atoms with E-state index in [0.29, 0.717) is 39.1 Å². The highest BCUT2D eigenvalue weighted by atomic mass is 35.5. The number of anilines is 4. The van der Waals surface area contributed by atoms with Gasteiger partial charge in [-0.3, -0.25) is 4.79 Å². The molecule has 2 atom stereocenters. The van der Waals surface area contributed by atoms with E-state index in [4.69, 9.17) is 11.6 Å². The monoisotopic (exact) mass is 885 g/mol. The summed E-state index contributed by atoms with van der Waals surface area (Å²) >= 11 is 6.83. The van der Waals surface area contributed by atoms with Gasteiger partial charge in [0.2, 0.25) is 5.91 Å². The molecule has 5 aromatic carbocycles. The van der Waals surface area contributed by atoms with Crippen molar-refractivity contribution in [2.24, 2.45) is 5.41 Å². The minimum atomic E-state index is -1.09. The van der Waals surface area contributed by atoms with Gasteiger partial charge in [0.05, 0.1) is 16.4 Å². The van der Waals surface area contributed by atoms with Crippen LogP contribution >= 0.6 is 11.6 Å².